The third kappa shape index (κ3) is 6.18. The predicted molar refractivity (Wildman–Crippen MR) is 116 cm³/mol. The maximum atomic E-state index is 12.6. The molecule has 1 atom stereocenters. The summed E-state index contributed by atoms with van der Waals surface area (Å²) in [6.45, 7) is 1.99. The minimum Gasteiger partial charge on any atom is -0.475 e. The van der Waals surface area contributed by atoms with Gasteiger partial charge in [0.2, 0.25) is 5.91 Å². The number of aryl methyl sites for hydroxylation is 1. The predicted octanol–water partition coefficient (Wildman–Crippen LogP) is 4.87. The van der Waals surface area contributed by atoms with Crippen LogP contribution in [0.1, 0.15) is 31.9 Å². The van der Waals surface area contributed by atoms with Gasteiger partial charge in [0, 0.05) is 23.4 Å². The number of benzene rings is 1. The summed E-state index contributed by atoms with van der Waals surface area (Å²) < 4.78 is 33.6. The summed E-state index contributed by atoms with van der Waals surface area (Å²) in [5.41, 5.74) is 4.68. The number of anilines is 1. The highest BCUT2D eigenvalue weighted by atomic mass is 19.4. The lowest BCUT2D eigenvalue weighted by Gasteiger charge is -2.15. The van der Waals surface area contributed by atoms with Crippen LogP contribution in [0.25, 0.3) is 16.9 Å². The summed E-state index contributed by atoms with van der Waals surface area (Å²) in [6, 6.07) is 14.1. The molecule has 3 aromatic rings. The van der Waals surface area contributed by atoms with E-state index in [-0.39, 0.29) is 11.8 Å². The first-order chi connectivity index (χ1) is 15.7. The lowest BCUT2D eigenvalue weighted by Crippen LogP contribution is -2.21. The number of aliphatic carboxylic acids is 1. The van der Waals surface area contributed by atoms with Gasteiger partial charge in [-0.15, -0.1) is 0 Å². The Kier molecular flexibility index (Phi) is 7.47. The first-order valence-electron chi connectivity index (χ1n) is 10.4. The van der Waals surface area contributed by atoms with Crippen molar-refractivity contribution in [2.24, 2.45) is 5.92 Å². The Morgan fingerprint density at radius 1 is 1.18 bits per heavy atom. The smallest absolute Gasteiger partial charge is 0.475 e. The third-order valence-corrected chi connectivity index (χ3v) is 5.13. The number of amides is 1. The van der Waals surface area contributed by atoms with Crippen molar-refractivity contribution < 1.29 is 27.9 Å². The number of carboxylic acid groups (broad SMARTS) is 1. The number of hydrogen-bond acceptors (Lipinski definition) is 4. The minimum absolute atomic E-state index is 0.0198. The van der Waals surface area contributed by atoms with E-state index in [1.54, 1.807) is 6.20 Å². The van der Waals surface area contributed by atoms with Gasteiger partial charge in [-0.3, -0.25) is 9.78 Å². The number of carbonyl (C=O) groups is 2. The maximum absolute atomic E-state index is 12.6. The second-order valence-corrected chi connectivity index (χ2v) is 7.63. The summed E-state index contributed by atoms with van der Waals surface area (Å²) in [5.74, 6) is -2.73. The Morgan fingerprint density at radius 3 is 2.55 bits per heavy atom. The number of aromatic nitrogens is 3. The van der Waals surface area contributed by atoms with Gasteiger partial charge in [0.1, 0.15) is 0 Å². The molecule has 3 heterocycles. The molecule has 174 valence electrons. The van der Waals surface area contributed by atoms with E-state index in [1.807, 2.05) is 54.2 Å². The van der Waals surface area contributed by atoms with E-state index >= 15 is 0 Å². The van der Waals surface area contributed by atoms with Gasteiger partial charge < -0.3 is 10.4 Å². The number of para-hydroxylation sites is 1. The summed E-state index contributed by atoms with van der Waals surface area (Å²) in [6.07, 6.45) is 2.37. The van der Waals surface area contributed by atoms with Crippen LogP contribution in [-0.4, -0.2) is 37.9 Å². The van der Waals surface area contributed by atoms with E-state index in [2.05, 4.69) is 21.5 Å². The molecule has 2 N–H and O–H groups in total. The average Bonchev–Trinajstić information content (AvgIpc) is 3.20. The molecular formula is C23H23F3N4O3. The summed E-state index contributed by atoms with van der Waals surface area (Å²) in [4.78, 5) is 26.0. The van der Waals surface area contributed by atoms with Gasteiger partial charge in [-0.1, -0.05) is 31.5 Å². The van der Waals surface area contributed by atoms with Crippen molar-refractivity contribution in [2.75, 3.05) is 5.32 Å². The standard InChI is InChI=1S/C21H22N4O.C2HF3O2/c1-15-7-5-6-8-17-13-16(11-12-22-17)20-19(24-21(15)26)14-23-25(20)18-9-3-2-4-10-18;3-2(4,5)1(6)7/h2-4,9-15H,5-8H2,1H3,(H,24,26);(H,6,7). The number of carboxylic acids is 1. The van der Waals surface area contributed by atoms with E-state index in [0.29, 0.717) is 0 Å². The van der Waals surface area contributed by atoms with Crippen molar-refractivity contribution in [2.45, 2.75) is 38.8 Å². The molecule has 0 radical (unpaired) electrons. The van der Waals surface area contributed by atoms with Crippen LogP contribution in [0.5, 0.6) is 0 Å². The van der Waals surface area contributed by atoms with Crippen LogP contribution in [0.3, 0.4) is 0 Å². The van der Waals surface area contributed by atoms with Crippen molar-refractivity contribution in [3.63, 3.8) is 0 Å². The van der Waals surface area contributed by atoms with Crippen molar-refractivity contribution in [1.29, 1.82) is 0 Å². The Balaban J connectivity index is 0.000000383. The van der Waals surface area contributed by atoms with Crippen LogP contribution in [0.15, 0.2) is 54.9 Å². The molecule has 1 unspecified atom stereocenters. The van der Waals surface area contributed by atoms with Gasteiger partial charge in [0.05, 0.1) is 23.3 Å². The molecule has 2 aromatic heterocycles. The summed E-state index contributed by atoms with van der Waals surface area (Å²) in [5, 5.41) is 14.8. The molecule has 1 aliphatic heterocycles. The summed E-state index contributed by atoms with van der Waals surface area (Å²) in [7, 11) is 0. The minimum atomic E-state index is -5.08. The van der Waals surface area contributed by atoms with Crippen LogP contribution >= 0.6 is 0 Å². The van der Waals surface area contributed by atoms with Gasteiger partial charge in [-0.25, -0.2) is 9.48 Å². The van der Waals surface area contributed by atoms with Gasteiger partial charge in [0.25, 0.3) is 0 Å². The van der Waals surface area contributed by atoms with Crippen LogP contribution in [0.2, 0.25) is 0 Å². The largest absolute Gasteiger partial charge is 0.490 e. The van der Waals surface area contributed by atoms with Crippen molar-refractivity contribution >= 4 is 17.6 Å². The van der Waals surface area contributed by atoms with Gasteiger partial charge in [0.15, 0.2) is 0 Å². The van der Waals surface area contributed by atoms with Crippen LogP contribution in [0, 0.1) is 5.92 Å². The summed E-state index contributed by atoms with van der Waals surface area (Å²) >= 11 is 0. The molecule has 0 aliphatic carbocycles. The topological polar surface area (TPSA) is 97.1 Å². The fraction of sp³-hybridized carbons (Fsp3) is 0.304. The lowest BCUT2D eigenvalue weighted by atomic mass is 10.00. The Labute approximate surface area is 188 Å². The molecule has 0 saturated heterocycles. The highest BCUT2D eigenvalue weighted by molar-refractivity contribution is 5.96. The fourth-order valence-corrected chi connectivity index (χ4v) is 3.39. The van der Waals surface area contributed by atoms with E-state index < -0.39 is 12.1 Å². The van der Waals surface area contributed by atoms with E-state index in [9.17, 15) is 18.0 Å². The monoisotopic (exact) mass is 460 g/mol. The zero-order chi connectivity index (χ0) is 24.0. The van der Waals surface area contributed by atoms with Gasteiger partial charge >= 0.3 is 12.1 Å². The van der Waals surface area contributed by atoms with E-state index in [1.165, 1.54) is 0 Å². The number of fused-ring (bicyclic) bond motifs is 4. The highest BCUT2D eigenvalue weighted by Crippen LogP contribution is 2.32. The van der Waals surface area contributed by atoms with Crippen molar-refractivity contribution in [1.82, 2.24) is 14.8 Å². The van der Waals surface area contributed by atoms with E-state index in [4.69, 9.17) is 9.90 Å². The number of rotatable bonds is 1. The third-order valence-electron chi connectivity index (χ3n) is 5.13. The van der Waals surface area contributed by atoms with Crippen molar-refractivity contribution in [3.8, 4) is 16.9 Å². The number of carbonyl (C=O) groups excluding carboxylic acids is 1. The molecular weight excluding hydrogens is 437 g/mol. The second-order valence-electron chi connectivity index (χ2n) is 7.63. The molecule has 10 heteroatoms. The zero-order valence-corrected chi connectivity index (χ0v) is 17.8. The van der Waals surface area contributed by atoms with Crippen LogP contribution in [0.4, 0.5) is 18.9 Å². The quantitative estimate of drug-likeness (QED) is 0.540. The molecule has 4 rings (SSSR count). The van der Waals surface area contributed by atoms with Crippen LogP contribution < -0.4 is 5.32 Å². The number of hydrogen-bond donors (Lipinski definition) is 2. The molecule has 0 spiro atoms. The number of alkyl halides is 3. The Morgan fingerprint density at radius 2 is 1.88 bits per heavy atom. The Bertz CT molecular complexity index is 1110. The van der Waals surface area contributed by atoms with Gasteiger partial charge in [-0.05, 0) is 43.5 Å². The van der Waals surface area contributed by atoms with E-state index in [0.717, 1.165) is 54.0 Å². The first-order valence-corrected chi connectivity index (χ1v) is 10.4. The normalized spacial score (nSPS) is 16.2. The fourth-order valence-electron chi connectivity index (χ4n) is 3.39. The first kappa shape index (κ1) is 24.0. The average molecular weight is 460 g/mol. The lowest BCUT2D eigenvalue weighted by molar-refractivity contribution is -0.192. The number of nitrogens with zero attached hydrogens (tertiary/aromatic N) is 3. The molecule has 33 heavy (non-hydrogen) atoms. The van der Waals surface area contributed by atoms with Gasteiger partial charge in [-0.2, -0.15) is 18.3 Å². The Hall–Kier alpha value is -3.69. The molecule has 0 saturated carbocycles. The maximum Gasteiger partial charge on any atom is 0.490 e. The van der Waals surface area contributed by atoms with Crippen molar-refractivity contribution in [3.05, 3.63) is 60.6 Å². The highest BCUT2D eigenvalue weighted by Gasteiger charge is 2.38. The molecule has 1 aliphatic rings. The molecule has 7 nitrogen and oxygen atoms in total. The molecule has 1 aromatic carbocycles. The second kappa shape index (κ2) is 10.3. The number of pyridine rings is 1. The SMILES string of the molecule is CC1CCCCc2cc(ccn2)-c2c(cnn2-c2ccccc2)NC1=O.O=C(O)C(F)(F)F. The van der Waals surface area contributed by atoms with Crippen LogP contribution in [-0.2, 0) is 16.0 Å². The number of nitrogens with one attached hydrogen (secondary N) is 1. The molecule has 1 amide bonds. The molecule has 2 bridgehead atoms. The molecule has 0 fully saturated rings. The zero-order valence-electron chi connectivity index (χ0n) is 17.8. The number of halogens is 3.